The Labute approximate surface area is 94.0 Å². The van der Waals surface area contributed by atoms with Crippen molar-refractivity contribution in [3.63, 3.8) is 0 Å². The maximum atomic E-state index is 11.4. The van der Waals surface area contributed by atoms with Crippen LogP contribution in [0.1, 0.15) is 25.7 Å². The van der Waals surface area contributed by atoms with Crippen LogP contribution in [0.2, 0.25) is 0 Å². The molecular formula is C11H16O5. The summed E-state index contributed by atoms with van der Waals surface area (Å²) >= 11 is 0. The van der Waals surface area contributed by atoms with E-state index in [4.69, 9.17) is 14.6 Å². The standard InChI is InChI=1S/C11H16O5/c1-8(11(13)14)7-10(12)16-9-3-2-5-15-6-4-9/h9H,1-7H2,(H,13,14). The molecule has 90 valence electrons. The van der Waals surface area contributed by atoms with Crippen LogP contribution in [0.3, 0.4) is 0 Å². The number of hydrogen-bond donors (Lipinski definition) is 1. The minimum atomic E-state index is -1.17. The van der Waals surface area contributed by atoms with Crippen LogP contribution in [0.5, 0.6) is 0 Å². The van der Waals surface area contributed by atoms with Crippen molar-refractivity contribution in [2.75, 3.05) is 13.2 Å². The second-order valence-corrected chi connectivity index (χ2v) is 3.74. The number of carboxylic acid groups (broad SMARTS) is 1. The van der Waals surface area contributed by atoms with E-state index in [0.29, 0.717) is 19.6 Å². The molecule has 1 aliphatic heterocycles. The molecule has 1 heterocycles. The van der Waals surface area contributed by atoms with Gasteiger partial charge < -0.3 is 14.6 Å². The zero-order valence-corrected chi connectivity index (χ0v) is 9.11. The summed E-state index contributed by atoms with van der Waals surface area (Å²) in [5.41, 5.74) is -0.144. The molecule has 0 radical (unpaired) electrons. The molecular weight excluding hydrogens is 212 g/mol. The molecule has 0 aromatic heterocycles. The van der Waals surface area contributed by atoms with Gasteiger partial charge in [-0.3, -0.25) is 4.79 Å². The zero-order chi connectivity index (χ0) is 12.0. The van der Waals surface area contributed by atoms with Crippen molar-refractivity contribution in [2.45, 2.75) is 31.8 Å². The Balaban J connectivity index is 2.32. The predicted molar refractivity (Wildman–Crippen MR) is 55.9 cm³/mol. The highest BCUT2D eigenvalue weighted by atomic mass is 16.5. The van der Waals surface area contributed by atoms with Crippen molar-refractivity contribution < 1.29 is 24.2 Å². The summed E-state index contributed by atoms with van der Waals surface area (Å²) in [7, 11) is 0. The van der Waals surface area contributed by atoms with Gasteiger partial charge in [-0.15, -0.1) is 0 Å². The van der Waals surface area contributed by atoms with Crippen LogP contribution in [0.4, 0.5) is 0 Å². The molecule has 1 aliphatic rings. The summed E-state index contributed by atoms with van der Waals surface area (Å²) in [5, 5.41) is 8.55. The molecule has 1 unspecified atom stereocenters. The summed E-state index contributed by atoms with van der Waals surface area (Å²) in [5.74, 6) is -1.69. The number of esters is 1. The third-order valence-electron chi connectivity index (χ3n) is 2.36. The molecule has 0 saturated carbocycles. The zero-order valence-electron chi connectivity index (χ0n) is 9.11. The first kappa shape index (κ1) is 12.7. The maximum absolute atomic E-state index is 11.4. The van der Waals surface area contributed by atoms with Crippen molar-refractivity contribution in [2.24, 2.45) is 0 Å². The van der Waals surface area contributed by atoms with Gasteiger partial charge in [0, 0.05) is 18.6 Å². The van der Waals surface area contributed by atoms with Crippen LogP contribution in [-0.2, 0) is 19.1 Å². The monoisotopic (exact) mass is 228 g/mol. The molecule has 16 heavy (non-hydrogen) atoms. The Morgan fingerprint density at radius 1 is 1.38 bits per heavy atom. The molecule has 5 nitrogen and oxygen atoms in total. The number of carbonyl (C=O) groups excluding carboxylic acids is 1. The van der Waals surface area contributed by atoms with Gasteiger partial charge in [0.25, 0.3) is 0 Å². The fraction of sp³-hybridized carbons (Fsp3) is 0.636. The van der Waals surface area contributed by atoms with Crippen molar-refractivity contribution in [1.29, 1.82) is 0 Å². The van der Waals surface area contributed by atoms with Gasteiger partial charge in [0.05, 0.1) is 13.0 Å². The molecule has 1 atom stereocenters. The van der Waals surface area contributed by atoms with E-state index >= 15 is 0 Å². The number of carbonyl (C=O) groups is 2. The number of carboxylic acids is 1. The van der Waals surface area contributed by atoms with Crippen LogP contribution in [0, 0.1) is 0 Å². The van der Waals surface area contributed by atoms with E-state index in [0.717, 1.165) is 12.8 Å². The van der Waals surface area contributed by atoms with Gasteiger partial charge in [0.2, 0.25) is 0 Å². The first-order valence-electron chi connectivity index (χ1n) is 5.28. The summed E-state index contributed by atoms with van der Waals surface area (Å²) in [6.07, 6.45) is 1.89. The Morgan fingerprint density at radius 3 is 2.81 bits per heavy atom. The summed E-state index contributed by atoms with van der Waals surface area (Å²) in [6.45, 7) is 4.55. The average Bonchev–Trinajstić information content (AvgIpc) is 2.45. The van der Waals surface area contributed by atoms with Gasteiger partial charge in [-0.25, -0.2) is 4.79 Å². The van der Waals surface area contributed by atoms with E-state index in [1.807, 2.05) is 0 Å². The Bertz CT molecular complexity index is 276. The summed E-state index contributed by atoms with van der Waals surface area (Å²) < 4.78 is 10.4. The van der Waals surface area contributed by atoms with E-state index < -0.39 is 11.9 Å². The highest BCUT2D eigenvalue weighted by Crippen LogP contribution is 2.13. The molecule has 1 saturated heterocycles. The molecule has 0 spiro atoms. The lowest BCUT2D eigenvalue weighted by Gasteiger charge is -2.14. The lowest BCUT2D eigenvalue weighted by Crippen LogP contribution is -2.19. The quantitative estimate of drug-likeness (QED) is 0.576. The summed E-state index contributed by atoms with van der Waals surface area (Å²) in [4.78, 5) is 21.8. The van der Waals surface area contributed by atoms with E-state index in [1.54, 1.807) is 0 Å². The van der Waals surface area contributed by atoms with E-state index in [9.17, 15) is 9.59 Å². The van der Waals surface area contributed by atoms with Gasteiger partial charge in [0.15, 0.2) is 0 Å². The lowest BCUT2D eigenvalue weighted by molar-refractivity contribution is -0.150. The van der Waals surface area contributed by atoms with Gasteiger partial charge in [0.1, 0.15) is 6.10 Å². The maximum Gasteiger partial charge on any atom is 0.331 e. The molecule has 1 N–H and O–H groups in total. The molecule has 5 heteroatoms. The third kappa shape index (κ3) is 4.44. The number of aliphatic carboxylic acids is 1. The van der Waals surface area contributed by atoms with Crippen molar-refractivity contribution >= 4 is 11.9 Å². The molecule has 0 aromatic carbocycles. The van der Waals surface area contributed by atoms with Crippen molar-refractivity contribution in [3.8, 4) is 0 Å². The Kier molecular flexibility index (Phi) is 4.98. The topological polar surface area (TPSA) is 72.8 Å². The molecule has 1 fully saturated rings. The first-order chi connectivity index (χ1) is 7.59. The van der Waals surface area contributed by atoms with Crippen LogP contribution in [-0.4, -0.2) is 36.4 Å². The molecule has 0 aromatic rings. The second kappa shape index (κ2) is 6.27. The highest BCUT2D eigenvalue weighted by Gasteiger charge is 2.18. The smallest absolute Gasteiger partial charge is 0.331 e. The first-order valence-corrected chi connectivity index (χ1v) is 5.28. The average molecular weight is 228 g/mol. The molecule has 0 bridgehead atoms. The van der Waals surface area contributed by atoms with Crippen molar-refractivity contribution in [1.82, 2.24) is 0 Å². The van der Waals surface area contributed by atoms with Gasteiger partial charge in [-0.2, -0.15) is 0 Å². The molecule has 1 rings (SSSR count). The molecule has 0 aliphatic carbocycles. The van der Waals surface area contributed by atoms with Gasteiger partial charge in [-0.1, -0.05) is 6.58 Å². The van der Waals surface area contributed by atoms with Gasteiger partial charge in [-0.05, 0) is 12.8 Å². The van der Waals surface area contributed by atoms with Gasteiger partial charge >= 0.3 is 11.9 Å². The van der Waals surface area contributed by atoms with Crippen LogP contribution in [0.15, 0.2) is 12.2 Å². The van der Waals surface area contributed by atoms with E-state index in [1.165, 1.54) is 0 Å². The summed E-state index contributed by atoms with van der Waals surface area (Å²) in [6, 6.07) is 0. The SMILES string of the molecule is C=C(CC(=O)OC1CCCOCC1)C(=O)O. The highest BCUT2D eigenvalue weighted by molar-refractivity contribution is 5.91. The normalized spacial score (nSPS) is 20.9. The Morgan fingerprint density at radius 2 is 2.12 bits per heavy atom. The van der Waals surface area contributed by atoms with Crippen LogP contribution < -0.4 is 0 Å². The number of ether oxygens (including phenoxy) is 2. The van der Waals surface area contributed by atoms with E-state index in [-0.39, 0.29) is 18.1 Å². The van der Waals surface area contributed by atoms with E-state index in [2.05, 4.69) is 6.58 Å². The predicted octanol–water partition coefficient (Wildman–Crippen LogP) is 1.13. The van der Waals surface area contributed by atoms with Crippen LogP contribution in [0.25, 0.3) is 0 Å². The largest absolute Gasteiger partial charge is 0.478 e. The fourth-order valence-electron chi connectivity index (χ4n) is 1.47. The van der Waals surface area contributed by atoms with Crippen LogP contribution >= 0.6 is 0 Å². The van der Waals surface area contributed by atoms with Crippen molar-refractivity contribution in [3.05, 3.63) is 12.2 Å². The fourth-order valence-corrected chi connectivity index (χ4v) is 1.47. The second-order valence-electron chi connectivity index (χ2n) is 3.74. The molecule has 0 amide bonds. The lowest BCUT2D eigenvalue weighted by atomic mass is 10.1. The minimum absolute atomic E-state index is 0.144. The minimum Gasteiger partial charge on any atom is -0.478 e. The number of hydrogen-bond acceptors (Lipinski definition) is 4. The number of rotatable bonds is 4. The third-order valence-corrected chi connectivity index (χ3v) is 2.36. The Hall–Kier alpha value is -1.36.